The van der Waals surface area contributed by atoms with Crippen molar-refractivity contribution in [2.45, 2.75) is 30.7 Å². The Morgan fingerprint density at radius 1 is 1.38 bits per heavy atom. The summed E-state index contributed by atoms with van der Waals surface area (Å²) in [7, 11) is -2.20. The smallest absolute Gasteiger partial charge is 0.317 e. The lowest BCUT2D eigenvalue weighted by Gasteiger charge is -2.32. The van der Waals surface area contributed by atoms with E-state index < -0.39 is 10.0 Å². The van der Waals surface area contributed by atoms with Crippen molar-refractivity contribution < 1.29 is 17.9 Å². The minimum absolute atomic E-state index is 0.0967. The van der Waals surface area contributed by atoms with Crippen LogP contribution in [0.5, 0.6) is 5.75 Å². The van der Waals surface area contributed by atoms with Gasteiger partial charge in [-0.3, -0.25) is 0 Å². The lowest BCUT2D eigenvalue weighted by molar-refractivity contribution is 0.180. The van der Waals surface area contributed by atoms with Gasteiger partial charge in [-0.1, -0.05) is 11.6 Å². The van der Waals surface area contributed by atoms with Gasteiger partial charge in [-0.15, -0.1) is 0 Å². The Kier molecular flexibility index (Phi) is 6.31. The lowest BCUT2D eigenvalue weighted by atomic mass is 10.1. The van der Waals surface area contributed by atoms with Crippen molar-refractivity contribution in [3.63, 3.8) is 0 Å². The van der Waals surface area contributed by atoms with Crippen LogP contribution in [-0.2, 0) is 10.0 Å². The zero-order valence-corrected chi connectivity index (χ0v) is 15.3. The number of halogens is 1. The summed E-state index contributed by atoms with van der Waals surface area (Å²) in [4.78, 5) is 13.5. The molecule has 2 N–H and O–H groups in total. The van der Waals surface area contributed by atoms with Gasteiger partial charge in [0.1, 0.15) is 5.75 Å². The third-order valence-corrected chi connectivity index (χ3v) is 5.68. The van der Waals surface area contributed by atoms with Gasteiger partial charge >= 0.3 is 6.03 Å². The van der Waals surface area contributed by atoms with Gasteiger partial charge in [0.15, 0.2) is 0 Å². The molecule has 7 nitrogen and oxygen atoms in total. The maximum Gasteiger partial charge on any atom is 0.317 e. The Morgan fingerprint density at radius 2 is 2.04 bits per heavy atom. The number of benzene rings is 1. The maximum atomic E-state index is 12.5. The number of likely N-dealkylation sites (tertiary alicyclic amines) is 1. The standard InChI is InChI=1S/C15H22ClN3O4S/c1-3-17-15(20)19-8-6-11(7-9-19)18-24(21,22)12-4-5-14(23-2)13(16)10-12/h4-5,10-11,18H,3,6-9H2,1-2H3,(H,17,20). The average molecular weight is 376 g/mol. The largest absolute Gasteiger partial charge is 0.495 e. The van der Waals surface area contributed by atoms with E-state index in [0.717, 1.165) is 0 Å². The number of piperidine rings is 1. The van der Waals surface area contributed by atoms with E-state index in [-0.39, 0.29) is 22.0 Å². The topological polar surface area (TPSA) is 87.7 Å². The first-order chi connectivity index (χ1) is 11.4. The van der Waals surface area contributed by atoms with E-state index in [2.05, 4.69) is 10.0 Å². The van der Waals surface area contributed by atoms with Crippen LogP contribution in [0.1, 0.15) is 19.8 Å². The predicted molar refractivity (Wildman–Crippen MR) is 92.0 cm³/mol. The van der Waals surface area contributed by atoms with E-state index in [4.69, 9.17) is 16.3 Å². The average Bonchev–Trinajstić information content (AvgIpc) is 2.55. The van der Waals surface area contributed by atoms with Crippen LogP contribution in [0.15, 0.2) is 23.1 Å². The molecule has 0 bridgehead atoms. The molecule has 2 amide bonds. The quantitative estimate of drug-likeness (QED) is 0.821. The van der Waals surface area contributed by atoms with Crippen molar-refractivity contribution in [1.82, 2.24) is 14.9 Å². The molecular formula is C15H22ClN3O4S. The van der Waals surface area contributed by atoms with E-state index in [0.29, 0.717) is 38.2 Å². The summed E-state index contributed by atoms with van der Waals surface area (Å²) in [6, 6.07) is 4.03. The Labute approximate surface area is 147 Å². The second kappa shape index (κ2) is 8.04. The van der Waals surface area contributed by atoms with Crippen molar-refractivity contribution in [2.24, 2.45) is 0 Å². The number of nitrogens with one attached hydrogen (secondary N) is 2. The first kappa shape index (κ1) is 18.8. The van der Waals surface area contributed by atoms with E-state index in [9.17, 15) is 13.2 Å². The van der Waals surface area contributed by atoms with Gasteiger partial charge in [-0.05, 0) is 38.0 Å². The molecule has 1 aromatic rings. The molecule has 0 aliphatic carbocycles. The number of hydrogen-bond acceptors (Lipinski definition) is 4. The van der Waals surface area contributed by atoms with Gasteiger partial charge in [0.05, 0.1) is 17.0 Å². The summed E-state index contributed by atoms with van der Waals surface area (Å²) in [5, 5.41) is 2.99. The van der Waals surface area contributed by atoms with Crippen LogP contribution in [0.3, 0.4) is 0 Å². The first-order valence-corrected chi connectivity index (χ1v) is 9.62. The molecular weight excluding hydrogens is 354 g/mol. The van der Waals surface area contributed by atoms with Crippen LogP contribution in [-0.4, -0.2) is 52.1 Å². The molecule has 1 heterocycles. The van der Waals surface area contributed by atoms with E-state index in [1.54, 1.807) is 4.90 Å². The highest BCUT2D eigenvalue weighted by atomic mass is 35.5. The van der Waals surface area contributed by atoms with Crippen molar-refractivity contribution in [1.29, 1.82) is 0 Å². The lowest BCUT2D eigenvalue weighted by Crippen LogP contribution is -2.49. The SMILES string of the molecule is CCNC(=O)N1CCC(NS(=O)(=O)c2ccc(OC)c(Cl)c2)CC1. The summed E-state index contributed by atoms with van der Waals surface area (Å²) < 4.78 is 32.6. The molecule has 0 unspecified atom stereocenters. The molecule has 1 aliphatic heterocycles. The fourth-order valence-electron chi connectivity index (χ4n) is 2.57. The minimum atomic E-state index is -3.66. The molecule has 0 atom stereocenters. The highest BCUT2D eigenvalue weighted by molar-refractivity contribution is 7.89. The molecule has 1 aromatic carbocycles. The second-order valence-corrected chi connectivity index (χ2v) is 7.64. The number of nitrogens with zero attached hydrogens (tertiary/aromatic N) is 1. The third-order valence-electron chi connectivity index (χ3n) is 3.87. The number of amides is 2. The molecule has 0 spiro atoms. The Balaban J connectivity index is 1.98. The molecule has 9 heteroatoms. The predicted octanol–water partition coefficient (Wildman–Crippen LogP) is 1.82. The first-order valence-electron chi connectivity index (χ1n) is 7.76. The molecule has 2 rings (SSSR count). The fourth-order valence-corrected chi connectivity index (χ4v) is 4.22. The number of rotatable bonds is 5. The monoisotopic (exact) mass is 375 g/mol. The Morgan fingerprint density at radius 3 is 2.58 bits per heavy atom. The molecule has 1 fully saturated rings. The highest BCUT2D eigenvalue weighted by Gasteiger charge is 2.26. The van der Waals surface area contributed by atoms with E-state index in [1.807, 2.05) is 6.92 Å². The third kappa shape index (κ3) is 4.52. The van der Waals surface area contributed by atoms with Crippen molar-refractivity contribution in [2.75, 3.05) is 26.7 Å². The van der Waals surface area contributed by atoms with Crippen LogP contribution >= 0.6 is 11.6 Å². The van der Waals surface area contributed by atoms with Crippen molar-refractivity contribution >= 4 is 27.7 Å². The number of carbonyl (C=O) groups is 1. The van der Waals surface area contributed by atoms with Crippen LogP contribution in [0.2, 0.25) is 5.02 Å². The van der Waals surface area contributed by atoms with Gasteiger partial charge in [0.25, 0.3) is 0 Å². The molecule has 0 radical (unpaired) electrons. The maximum absolute atomic E-state index is 12.5. The Bertz CT molecular complexity index is 688. The van der Waals surface area contributed by atoms with Gasteiger partial charge < -0.3 is 15.0 Å². The summed E-state index contributed by atoms with van der Waals surface area (Å²) >= 11 is 5.99. The molecule has 1 aliphatic rings. The number of urea groups is 1. The van der Waals surface area contributed by atoms with Crippen LogP contribution in [0.4, 0.5) is 4.79 Å². The van der Waals surface area contributed by atoms with E-state index >= 15 is 0 Å². The molecule has 134 valence electrons. The van der Waals surface area contributed by atoms with Crippen molar-refractivity contribution in [3.05, 3.63) is 23.2 Å². The summed E-state index contributed by atoms with van der Waals surface area (Å²) in [5.41, 5.74) is 0. The van der Waals surface area contributed by atoms with Gasteiger partial charge in [-0.25, -0.2) is 17.9 Å². The molecule has 1 saturated heterocycles. The molecule has 0 saturated carbocycles. The molecule has 0 aromatic heterocycles. The number of methoxy groups -OCH3 is 1. The van der Waals surface area contributed by atoms with Crippen LogP contribution in [0.25, 0.3) is 0 Å². The Hall–Kier alpha value is -1.51. The fraction of sp³-hybridized carbons (Fsp3) is 0.533. The number of sulfonamides is 1. The summed E-state index contributed by atoms with van der Waals surface area (Å²) in [5.74, 6) is 0.422. The van der Waals surface area contributed by atoms with E-state index in [1.165, 1.54) is 25.3 Å². The number of ether oxygens (including phenoxy) is 1. The van der Waals surface area contributed by atoms with Gasteiger partial charge in [-0.2, -0.15) is 0 Å². The van der Waals surface area contributed by atoms with Crippen molar-refractivity contribution in [3.8, 4) is 5.75 Å². The minimum Gasteiger partial charge on any atom is -0.495 e. The van der Waals surface area contributed by atoms with Crippen LogP contribution in [0, 0.1) is 0 Å². The zero-order valence-electron chi connectivity index (χ0n) is 13.7. The number of carbonyl (C=O) groups excluding carboxylic acids is 1. The summed E-state index contributed by atoms with van der Waals surface area (Å²) in [6.45, 7) is 3.47. The van der Waals surface area contributed by atoms with Crippen LogP contribution < -0.4 is 14.8 Å². The summed E-state index contributed by atoms with van der Waals surface area (Å²) in [6.07, 6.45) is 1.14. The second-order valence-electron chi connectivity index (χ2n) is 5.51. The highest BCUT2D eigenvalue weighted by Crippen LogP contribution is 2.27. The zero-order chi connectivity index (χ0) is 17.7. The molecule has 24 heavy (non-hydrogen) atoms. The van der Waals surface area contributed by atoms with Gasteiger partial charge in [0.2, 0.25) is 10.0 Å². The van der Waals surface area contributed by atoms with Gasteiger partial charge in [0, 0.05) is 25.7 Å². The number of hydrogen-bond donors (Lipinski definition) is 2. The normalized spacial score (nSPS) is 16.0.